The highest BCUT2D eigenvalue weighted by atomic mass is 16.1. The van der Waals surface area contributed by atoms with Gasteiger partial charge in [-0.1, -0.05) is 26.0 Å². The summed E-state index contributed by atoms with van der Waals surface area (Å²) in [7, 11) is 0. The van der Waals surface area contributed by atoms with E-state index in [4.69, 9.17) is 5.26 Å². The lowest BCUT2D eigenvalue weighted by atomic mass is 10.2. The zero-order chi connectivity index (χ0) is 13.4. The molecule has 0 heterocycles. The van der Waals surface area contributed by atoms with Gasteiger partial charge in [-0.2, -0.15) is 5.26 Å². The molecular formula is C14H19N3O. The van der Waals surface area contributed by atoms with Crippen LogP contribution in [0.1, 0.15) is 25.8 Å². The fourth-order valence-electron chi connectivity index (χ4n) is 1.68. The Labute approximate surface area is 108 Å². The SMILES string of the molecule is CCN(CC)Cc1ccc(NC(=O)CC#N)cc1. The molecule has 96 valence electrons. The third-order valence-electron chi connectivity index (χ3n) is 2.78. The van der Waals surface area contributed by atoms with Gasteiger partial charge in [-0.15, -0.1) is 0 Å². The molecule has 0 spiro atoms. The molecule has 0 radical (unpaired) electrons. The van der Waals surface area contributed by atoms with Crippen molar-refractivity contribution < 1.29 is 4.79 Å². The summed E-state index contributed by atoms with van der Waals surface area (Å²) in [5.74, 6) is -0.269. The second-order valence-electron chi connectivity index (χ2n) is 4.04. The number of nitriles is 1. The Balaban J connectivity index is 2.57. The number of rotatable bonds is 6. The molecule has 0 saturated carbocycles. The lowest BCUT2D eigenvalue weighted by molar-refractivity contribution is -0.115. The van der Waals surface area contributed by atoms with E-state index in [-0.39, 0.29) is 12.3 Å². The van der Waals surface area contributed by atoms with Crippen molar-refractivity contribution in [2.75, 3.05) is 18.4 Å². The maximum atomic E-state index is 11.2. The molecule has 1 amide bonds. The fraction of sp³-hybridized carbons (Fsp3) is 0.429. The number of amides is 1. The monoisotopic (exact) mass is 245 g/mol. The van der Waals surface area contributed by atoms with Crippen LogP contribution in [0.25, 0.3) is 0 Å². The van der Waals surface area contributed by atoms with E-state index in [1.54, 1.807) is 0 Å². The topological polar surface area (TPSA) is 56.1 Å². The zero-order valence-corrected chi connectivity index (χ0v) is 10.9. The second kappa shape index (κ2) is 7.46. The van der Waals surface area contributed by atoms with E-state index in [0.29, 0.717) is 0 Å². The van der Waals surface area contributed by atoms with E-state index in [1.807, 2.05) is 30.3 Å². The van der Waals surface area contributed by atoms with Crippen molar-refractivity contribution in [1.29, 1.82) is 5.26 Å². The molecule has 4 nitrogen and oxygen atoms in total. The van der Waals surface area contributed by atoms with Crippen LogP contribution >= 0.6 is 0 Å². The van der Waals surface area contributed by atoms with Gasteiger partial charge in [0, 0.05) is 12.2 Å². The first kappa shape index (κ1) is 14.2. The van der Waals surface area contributed by atoms with Gasteiger partial charge in [-0.05, 0) is 30.8 Å². The Bertz CT molecular complexity index is 416. The van der Waals surface area contributed by atoms with Crippen molar-refractivity contribution >= 4 is 11.6 Å². The van der Waals surface area contributed by atoms with Gasteiger partial charge in [0.25, 0.3) is 0 Å². The molecule has 0 bridgehead atoms. The van der Waals surface area contributed by atoms with E-state index >= 15 is 0 Å². The highest BCUT2D eigenvalue weighted by molar-refractivity contribution is 5.91. The molecule has 0 saturated heterocycles. The Morgan fingerprint density at radius 3 is 2.39 bits per heavy atom. The van der Waals surface area contributed by atoms with E-state index in [1.165, 1.54) is 5.56 Å². The standard InChI is InChI=1S/C14H19N3O/c1-3-17(4-2)11-12-5-7-13(8-6-12)16-14(18)9-10-15/h5-8H,3-4,9,11H2,1-2H3,(H,16,18). The van der Waals surface area contributed by atoms with Gasteiger partial charge >= 0.3 is 0 Å². The molecule has 1 rings (SSSR count). The summed E-state index contributed by atoms with van der Waals surface area (Å²) in [6.45, 7) is 7.24. The van der Waals surface area contributed by atoms with Crippen molar-refractivity contribution in [3.05, 3.63) is 29.8 Å². The zero-order valence-electron chi connectivity index (χ0n) is 10.9. The molecule has 1 aromatic rings. The molecular weight excluding hydrogens is 226 g/mol. The first-order valence-corrected chi connectivity index (χ1v) is 6.17. The average molecular weight is 245 g/mol. The Hall–Kier alpha value is -1.86. The lowest BCUT2D eigenvalue weighted by Gasteiger charge is -2.18. The van der Waals surface area contributed by atoms with Crippen molar-refractivity contribution in [2.45, 2.75) is 26.8 Å². The van der Waals surface area contributed by atoms with Crippen LogP contribution in [0.5, 0.6) is 0 Å². The quantitative estimate of drug-likeness (QED) is 0.837. The van der Waals surface area contributed by atoms with Crippen molar-refractivity contribution in [3.63, 3.8) is 0 Å². The minimum Gasteiger partial charge on any atom is -0.325 e. The number of hydrogen-bond acceptors (Lipinski definition) is 3. The summed E-state index contributed by atoms with van der Waals surface area (Å²) in [4.78, 5) is 13.5. The predicted octanol–water partition coefficient (Wildman–Crippen LogP) is 2.38. The minimum absolute atomic E-state index is 0.110. The third-order valence-corrected chi connectivity index (χ3v) is 2.78. The number of nitrogens with one attached hydrogen (secondary N) is 1. The van der Waals surface area contributed by atoms with Gasteiger partial charge in [-0.3, -0.25) is 9.69 Å². The van der Waals surface area contributed by atoms with Crippen LogP contribution < -0.4 is 5.32 Å². The van der Waals surface area contributed by atoms with Crippen molar-refractivity contribution in [3.8, 4) is 6.07 Å². The third kappa shape index (κ3) is 4.56. The van der Waals surface area contributed by atoms with Gasteiger partial charge in [0.05, 0.1) is 6.07 Å². The van der Waals surface area contributed by atoms with Crippen LogP contribution in [0.15, 0.2) is 24.3 Å². The van der Waals surface area contributed by atoms with E-state index in [2.05, 4.69) is 24.1 Å². The predicted molar refractivity (Wildman–Crippen MR) is 71.9 cm³/mol. The molecule has 0 fully saturated rings. The summed E-state index contributed by atoms with van der Waals surface area (Å²) in [5, 5.41) is 11.1. The van der Waals surface area contributed by atoms with Crippen LogP contribution in [-0.4, -0.2) is 23.9 Å². The molecule has 0 unspecified atom stereocenters. The van der Waals surface area contributed by atoms with Gasteiger partial charge in [0.1, 0.15) is 6.42 Å². The molecule has 0 aromatic heterocycles. The van der Waals surface area contributed by atoms with Gasteiger partial charge in [0.2, 0.25) is 5.91 Å². The number of nitrogens with zero attached hydrogens (tertiary/aromatic N) is 2. The van der Waals surface area contributed by atoms with E-state index in [0.717, 1.165) is 25.3 Å². The van der Waals surface area contributed by atoms with Crippen LogP contribution in [-0.2, 0) is 11.3 Å². The minimum atomic E-state index is -0.269. The molecule has 18 heavy (non-hydrogen) atoms. The Morgan fingerprint density at radius 2 is 1.89 bits per heavy atom. The normalized spacial score (nSPS) is 10.1. The summed E-state index contributed by atoms with van der Waals surface area (Å²) < 4.78 is 0. The summed E-state index contributed by atoms with van der Waals surface area (Å²) in [6.07, 6.45) is -0.110. The Morgan fingerprint density at radius 1 is 1.28 bits per heavy atom. The fourth-order valence-corrected chi connectivity index (χ4v) is 1.68. The Kier molecular flexibility index (Phi) is 5.89. The largest absolute Gasteiger partial charge is 0.325 e. The highest BCUT2D eigenvalue weighted by Crippen LogP contribution is 2.11. The van der Waals surface area contributed by atoms with Gasteiger partial charge < -0.3 is 5.32 Å². The molecule has 0 atom stereocenters. The molecule has 1 N–H and O–H groups in total. The number of hydrogen-bond donors (Lipinski definition) is 1. The van der Waals surface area contributed by atoms with E-state index in [9.17, 15) is 4.79 Å². The maximum Gasteiger partial charge on any atom is 0.238 e. The molecule has 0 aliphatic rings. The number of benzene rings is 1. The van der Waals surface area contributed by atoms with Crippen LogP contribution in [0.2, 0.25) is 0 Å². The summed E-state index contributed by atoms with van der Waals surface area (Å²) >= 11 is 0. The summed E-state index contributed by atoms with van der Waals surface area (Å²) in [5.41, 5.74) is 1.95. The molecule has 1 aromatic carbocycles. The van der Waals surface area contributed by atoms with Crippen LogP contribution in [0.4, 0.5) is 5.69 Å². The molecule has 0 aliphatic carbocycles. The van der Waals surface area contributed by atoms with Crippen LogP contribution in [0, 0.1) is 11.3 Å². The van der Waals surface area contributed by atoms with Crippen molar-refractivity contribution in [1.82, 2.24) is 4.90 Å². The molecule has 4 heteroatoms. The smallest absolute Gasteiger partial charge is 0.238 e. The number of carbonyl (C=O) groups is 1. The first-order chi connectivity index (χ1) is 8.69. The maximum absolute atomic E-state index is 11.2. The second-order valence-corrected chi connectivity index (χ2v) is 4.04. The average Bonchev–Trinajstić information content (AvgIpc) is 2.38. The van der Waals surface area contributed by atoms with E-state index < -0.39 is 0 Å². The first-order valence-electron chi connectivity index (χ1n) is 6.17. The van der Waals surface area contributed by atoms with Crippen LogP contribution in [0.3, 0.4) is 0 Å². The van der Waals surface area contributed by atoms with Crippen molar-refractivity contribution in [2.24, 2.45) is 0 Å². The molecule has 0 aliphatic heterocycles. The van der Waals surface area contributed by atoms with Gasteiger partial charge in [0.15, 0.2) is 0 Å². The number of carbonyl (C=O) groups excluding carboxylic acids is 1. The highest BCUT2D eigenvalue weighted by Gasteiger charge is 2.03. The summed E-state index contributed by atoms with van der Waals surface area (Å²) in [6, 6.07) is 9.56. The van der Waals surface area contributed by atoms with Gasteiger partial charge in [-0.25, -0.2) is 0 Å². The lowest BCUT2D eigenvalue weighted by Crippen LogP contribution is -2.22. The number of anilines is 1.